The van der Waals surface area contributed by atoms with Gasteiger partial charge in [-0.15, -0.1) is 0 Å². The molecule has 0 spiro atoms. The van der Waals surface area contributed by atoms with Crippen LogP contribution in [0.3, 0.4) is 0 Å². The minimum Gasteiger partial charge on any atom is -0.493 e. The van der Waals surface area contributed by atoms with Gasteiger partial charge in [0.05, 0.1) is 27.4 Å². The lowest BCUT2D eigenvalue weighted by Crippen LogP contribution is -2.23. The molecule has 102 valence electrons. The molecule has 0 aliphatic rings. The Balaban J connectivity index is 2.86. The van der Waals surface area contributed by atoms with Gasteiger partial charge in [-0.05, 0) is 24.6 Å². The summed E-state index contributed by atoms with van der Waals surface area (Å²) in [7, 11) is 4.75. The summed E-state index contributed by atoms with van der Waals surface area (Å²) >= 11 is 0. The number of aliphatic hydroxyl groups is 1. The number of nitrogens with one attached hydrogen (secondary N) is 1. The average Bonchev–Trinajstić information content (AvgIpc) is 2.36. The van der Waals surface area contributed by atoms with Crippen molar-refractivity contribution in [3.8, 4) is 17.2 Å². The number of rotatable bonds is 7. The fraction of sp³-hybridized carbons (Fsp3) is 0.538. The highest BCUT2D eigenvalue weighted by Gasteiger charge is 2.12. The number of aliphatic hydroxyl groups excluding tert-OH is 1. The van der Waals surface area contributed by atoms with Crippen LogP contribution in [0.15, 0.2) is 12.1 Å². The minimum absolute atomic E-state index is 0.368. The van der Waals surface area contributed by atoms with Gasteiger partial charge < -0.3 is 24.6 Å². The highest BCUT2D eigenvalue weighted by Crippen LogP contribution is 2.38. The van der Waals surface area contributed by atoms with Crippen LogP contribution in [0.5, 0.6) is 17.2 Å². The quantitative estimate of drug-likeness (QED) is 0.766. The minimum atomic E-state index is -0.368. The molecule has 0 saturated carbocycles. The van der Waals surface area contributed by atoms with Crippen LogP contribution in [0, 0.1) is 0 Å². The molecule has 1 rings (SSSR count). The Morgan fingerprint density at radius 2 is 1.67 bits per heavy atom. The number of hydrogen-bond acceptors (Lipinski definition) is 5. The second-order valence-corrected chi connectivity index (χ2v) is 4.01. The normalized spacial score (nSPS) is 12.1. The van der Waals surface area contributed by atoms with Crippen molar-refractivity contribution in [2.45, 2.75) is 19.6 Å². The second kappa shape index (κ2) is 7.08. The van der Waals surface area contributed by atoms with Gasteiger partial charge in [-0.25, -0.2) is 0 Å². The average molecular weight is 255 g/mol. The second-order valence-electron chi connectivity index (χ2n) is 4.01. The Bertz CT molecular complexity index is 354. The number of hydrogen-bond donors (Lipinski definition) is 2. The topological polar surface area (TPSA) is 60.0 Å². The molecule has 5 nitrogen and oxygen atoms in total. The third-order valence-electron chi connectivity index (χ3n) is 2.49. The van der Waals surface area contributed by atoms with E-state index in [0.717, 1.165) is 5.56 Å². The van der Waals surface area contributed by atoms with E-state index in [-0.39, 0.29) is 6.10 Å². The van der Waals surface area contributed by atoms with Crippen molar-refractivity contribution in [2.75, 3.05) is 27.9 Å². The van der Waals surface area contributed by atoms with E-state index in [4.69, 9.17) is 14.2 Å². The van der Waals surface area contributed by atoms with Crippen LogP contribution < -0.4 is 19.5 Å². The van der Waals surface area contributed by atoms with Crippen LogP contribution in [-0.2, 0) is 6.54 Å². The third-order valence-corrected chi connectivity index (χ3v) is 2.49. The highest BCUT2D eigenvalue weighted by atomic mass is 16.5. The first kappa shape index (κ1) is 14.6. The fourth-order valence-electron chi connectivity index (χ4n) is 1.66. The monoisotopic (exact) mass is 255 g/mol. The summed E-state index contributed by atoms with van der Waals surface area (Å²) in [5, 5.41) is 12.3. The van der Waals surface area contributed by atoms with Gasteiger partial charge in [0.25, 0.3) is 0 Å². The maximum Gasteiger partial charge on any atom is 0.203 e. The molecule has 1 aromatic carbocycles. The smallest absolute Gasteiger partial charge is 0.203 e. The van der Waals surface area contributed by atoms with E-state index in [1.807, 2.05) is 12.1 Å². The van der Waals surface area contributed by atoms with E-state index >= 15 is 0 Å². The highest BCUT2D eigenvalue weighted by molar-refractivity contribution is 5.53. The Kier molecular flexibility index (Phi) is 5.74. The largest absolute Gasteiger partial charge is 0.493 e. The van der Waals surface area contributed by atoms with Gasteiger partial charge in [-0.1, -0.05) is 0 Å². The van der Waals surface area contributed by atoms with Gasteiger partial charge in [-0.3, -0.25) is 0 Å². The van der Waals surface area contributed by atoms with E-state index in [1.54, 1.807) is 28.3 Å². The zero-order valence-electron chi connectivity index (χ0n) is 11.3. The zero-order valence-corrected chi connectivity index (χ0v) is 11.3. The SMILES string of the molecule is COc1cc(CNC[C@H](C)O)cc(OC)c1OC. The van der Waals surface area contributed by atoms with Crippen LogP contribution in [0.25, 0.3) is 0 Å². The Morgan fingerprint density at radius 3 is 2.06 bits per heavy atom. The maximum atomic E-state index is 9.18. The van der Waals surface area contributed by atoms with Crippen LogP contribution in [0.2, 0.25) is 0 Å². The van der Waals surface area contributed by atoms with Gasteiger partial charge in [0, 0.05) is 13.1 Å². The molecule has 18 heavy (non-hydrogen) atoms. The van der Waals surface area contributed by atoms with Crippen LogP contribution >= 0.6 is 0 Å². The van der Waals surface area contributed by atoms with Crippen LogP contribution in [0.1, 0.15) is 12.5 Å². The fourth-order valence-corrected chi connectivity index (χ4v) is 1.66. The van der Waals surface area contributed by atoms with Gasteiger partial charge in [0.1, 0.15) is 0 Å². The summed E-state index contributed by atoms with van der Waals surface area (Å²) in [6.45, 7) is 2.90. The molecular weight excluding hydrogens is 234 g/mol. The summed E-state index contributed by atoms with van der Waals surface area (Å²) in [5.41, 5.74) is 1.00. The summed E-state index contributed by atoms with van der Waals surface area (Å²) in [6, 6.07) is 3.77. The summed E-state index contributed by atoms with van der Waals surface area (Å²) < 4.78 is 15.8. The number of benzene rings is 1. The van der Waals surface area contributed by atoms with Crippen LogP contribution in [-0.4, -0.2) is 39.1 Å². The first-order valence-corrected chi connectivity index (χ1v) is 5.80. The van der Waals surface area contributed by atoms with Crippen molar-refractivity contribution in [1.82, 2.24) is 5.32 Å². The molecule has 0 aliphatic carbocycles. The van der Waals surface area contributed by atoms with Crippen LogP contribution in [0.4, 0.5) is 0 Å². The summed E-state index contributed by atoms with van der Waals surface area (Å²) in [5.74, 6) is 1.84. The molecule has 0 saturated heterocycles. The first-order valence-electron chi connectivity index (χ1n) is 5.80. The van der Waals surface area contributed by atoms with Crippen molar-refractivity contribution in [3.63, 3.8) is 0 Å². The van der Waals surface area contributed by atoms with Gasteiger partial charge in [0.2, 0.25) is 5.75 Å². The van der Waals surface area contributed by atoms with E-state index in [1.165, 1.54) is 0 Å². The molecule has 2 N–H and O–H groups in total. The number of methoxy groups -OCH3 is 3. The lowest BCUT2D eigenvalue weighted by atomic mass is 10.1. The van der Waals surface area contributed by atoms with E-state index in [2.05, 4.69) is 5.32 Å². The first-order chi connectivity index (χ1) is 8.62. The molecule has 0 unspecified atom stereocenters. The molecule has 0 amide bonds. The molecule has 0 fully saturated rings. The standard InChI is InChI=1S/C13H21NO4/c1-9(15)7-14-8-10-5-11(16-2)13(18-4)12(6-10)17-3/h5-6,9,14-15H,7-8H2,1-4H3/t9-/m0/s1. The van der Waals surface area contributed by atoms with Crippen molar-refractivity contribution < 1.29 is 19.3 Å². The van der Waals surface area contributed by atoms with E-state index < -0.39 is 0 Å². The molecule has 1 aromatic rings. The van der Waals surface area contributed by atoms with Crippen molar-refractivity contribution in [2.24, 2.45) is 0 Å². The molecule has 0 heterocycles. The summed E-state index contributed by atoms with van der Waals surface area (Å²) in [4.78, 5) is 0. The predicted molar refractivity (Wildman–Crippen MR) is 69.5 cm³/mol. The lowest BCUT2D eigenvalue weighted by molar-refractivity contribution is 0.191. The molecule has 0 aliphatic heterocycles. The molecular formula is C13H21NO4. The molecule has 5 heteroatoms. The maximum absolute atomic E-state index is 9.18. The molecule has 0 aromatic heterocycles. The predicted octanol–water partition coefficient (Wildman–Crippen LogP) is 1.18. The van der Waals surface area contributed by atoms with Crippen molar-refractivity contribution >= 4 is 0 Å². The Hall–Kier alpha value is -1.46. The van der Waals surface area contributed by atoms with E-state index in [0.29, 0.717) is 30.3 Å². The third kappa shape index (κ3) is 3.78. The number of ether oxygens (including phenoxy) is 3. The molecule has 0 radical (unpaired) electrons. The Morgan fingerprint density at radius 1 is 1.11 bits per heavy atom. The molecule has 1 atom stereocenters. The van der Waals surface area contributed by atoms with Gasteiger partial charge in [0.15, 0.2) is 11.5 Å². The summed E-state index contributed by atoms with van der Waals surface area (Å²) in [6.07, 6.45) is -0.368. The van der Waals surface area contributed by atoms with E-state index in [9.17, 15) is 5.11 Å². The lowest BCUT2D eigenvalue weighted by Gasteiger charge is -2.14. The van der Waals surface area contributed by atoms with Gasteiger partial charge >= 0.3 is 0 Å². The molecule has 0 bridgehead atoms. The van der Waals surface area contributed by atoms with Gasteiger partial charge in [-0.2, -0.15) is 0 Å². The van der Waals surface area contributed by atoms with Crippen molar-refractivity contribution in [3.05, 3.63) is 17.7 Å². The Labute approximate surface area is 108 Å². The zero-order chi connectivity index (χ0) is 13.5. The van der Waals surface area contributed by atoms with Crippen molar-refractivity contribution in [1.29, 1.82) is 0 Å².